The first-order chi connectivity index (χ1) is 22.7. The Morgan fingerprint density at radius 1 is 0.959 bits per heavy atom. The van der Waals surface area contributed by atoms with E-state index in [4.69, 9.17) is 18.9 Å². The zero-order chi connectivity index (χ0) is 36.1. The van der Waals surface area contributed by atoms with Crippen molar-refractivity contribution < 1.29 is 46.1 Å². The Morgan fingerprint density at radius 3 is 2.27 bits per heavy atom. The van der Waals surface area contributed by atoms with E-state index in [-0.39, 0.29) is 54.3 Å². The van der Waals surface area contributed by atoms with Crippen LogP contribution in [0, 0.1) is 12.7 Å². The molecule has 1 saturated carbocycles. The van der Waals surface area contributed by atoms with Gasteiger partial charge < -0.3 is 18.9 Å². The number of ether oxygens (including phenoxy) is 4. The number of hydrogen-bond acceptors (Lipinski definition) is 11. The number of nitrogens with one attached hydrogen (secondary N) is 2. The average molecular weight is 702 g/mol. The number of aromatic nitrogens is 2. The van der Waals surface area contributed by atoms with Gasteiger partial charge in [0.15, 0.2) is 15.7 Å². The number of carbonyl (C=O) groups is 3. The molecule has 49 heavy (non-hydrogen) atoms. The van der Waals surface area contributed by atoms with Crippen LogP contribution in [-0.2, 0) is 24.0 Å². The number of halogens is 1. The molecule has 1 aliphatic carbocycles. The van der Waals surface area contributed by atoms with Crippen molar-refractivity contribution in [2.45, 2.75) is 83.9 Å². The van der Waals surface area contributed by atoms with E-state index in [1.807, 2.05) is 0 Å². The molecule has 16 heteroatoms. The fourth-order valence-corrected chi connectivity index (χ4v) is 6.55. The SMILES string of the molecule is Cc1c(-c2cc3cc(NC(=O)O[C@H]4C[C@@H](S(C)(=O)=O)C4)ncc3c(NC(=O)OC(C)(C)C)c2F)cnc2c1N(C(=O)OC(C)(C)C)CCO2. The Balaban J connectivity index is 1.54. The van der Waals surface area contributed by atoms with Crippen molar-refractivity contribution in [3.05, 3.63) is 35.9 Å². The van der Waals surface area contributed by atoms with Crippen LogP contribution >= 0.6 is 0 Å². The van der Waals surface area contributed by atoms with Gasteiger partial charge in [0.2, 0.25) is 5.88 Å². The van der Waals surface area contributed by atoms with Gasteiger partial charge in [0.05, 0.1) is 17.5 Å². The molecule has 14 nitrogen and oxygen atoms in total. The van der Waals surface area contributed by atoms with Gasteiger partial charge in [-0.05, 0) is 71.5 Å². The van der Waals surface area contributed by atoms with Crippen LogP contribution in [0.15, 0.2) is 24.5 Å². The minimum Gasteiger partial charge on any atom is -0.474 e. The highest BCUT2D eigenvalue weighted by Crippen LogP contribution is 2.42. The largest absolute Gasteiger partial charge is 0.474 e. The van der Waals surface area contributed by atoms with E-state index in [9.17, 15) is 22.8 Å². The van der Waals surface area contributed by atoms with Crippen molar-refractivity contribution in [3.8, 4) is 17.0 Å². The number of carbonyl (C=O) groups excluding carboxylic acids is 3. The van der Waals surface area contributed by atoms with Crippen molar-refractivity contribution in [3.63, 3.8) is 0 Å². The molecule has 1 aromatic carbocycles. The number of amides is 3. The fraction of sp³-hybridized carbons (Fsp3) is 0.485. The zero-order valence-electron chi connectivity index (χ0n) is 28.6. The summed E-state index contributed by atoms with van der Waals surface area (Å²) < 4.78 is 62.1. The Morgan fingerprint density at radius 2 is 1.63 bits per heavy atom. The third-order valence-corrected chi connectivity index (χ3v) is 9.34. The predicted molar refractivity (Wildman–Crippen MR) is 180 cm³/mol. The van der Waals surface area contributed by atoms with Gasteiger partial charge in [-0.2, -0.15) is 0 Å². The molecule has 0 radical (unpaired) electrons. The van der Waals surface area contributed by atoms with E-state index in [0.29, 0.717) is 22.2 Å². The molecule has 1 fully saturated rings. The van der Waals surface area contributed by atoms with Crippen molar-refractivity contribution >= 4 is 56.1 Å². The summed E-state index contributed by atoms with van der Waals surface area (Å²) in [6.45, 7) is 12.3. The van der Waals surface area contributed by atoms with Crippen LogP contribution in [0.3, 0.4) is 0 Å². The lowest BCUT2D eigenvalue weighted by Crippen LogP contribution is -2.42. The van der Waals surface area contributed by atoms with Crippen LogP contribution in [0.1, 0.15) is 59.9 Å². The van der Waals surface area contributed by atoms with Crippen LogP contribution in [0.4, 0.5) is 36.0 Å². The van der Waals surface area contributed by atoms with E-state index in [2.05, 4.69) is 20.6 Å². The average Bonchev–Trinajstić information content (AvgIpc) is 2.93. The minimum atomic E-state index is -3.23. The Bertz CT molecular complexity index is 1930. The summed E-state index contributed by atoms with van der Waals surface area (Å²) in [6, 6.07) is 2.97. The topological polar surface area (TPSA) is 175 Å². The molecule has 264 valence electrons. The Hall–Kier alpha value is -4.73. The van der Waals surface area contributed by atoms with E-state index < -0.39 is 56.5 Å². The van der Waals surface area contributed by atoms with Gasteiger partial charge in [0.1, 0.15) is 35.4 Å². The molecule has 0 spiro atoms. The second-order valence-electron chi connectivity index (χ2n) is 14.0. The minimum absolute atomic E-state index is 0.0158. The summed E-state index contributed by atoms with van der Waals surface area (Å²) in [4.78, 5) is 48.7. The highest BCUT2D eigenvalue weighted by Gasteiger charge is 2.39. The van der Waals surface area contributed by atoms with Gasteiger partial charge >= 0.3 is 18.3 Å². The van der Waals surface area contributed by atoms with Gasteiger partial charge in [-0.15, -0.1) is 0 Å². The van der Waals surface area contributed by atoms with Crippen LogP contribution in [-0.4, -0.2) is 78.6 Å². The lowest BCUT2D eigenvalue weighted by molar-refractivity contribution is 0.0564. The molecule has 0 bridgehead atoms. The lowest BCUT2D eigenvalue weighted by Gasteiger charge is -2.33. The molecule has 1 aliphatic heterocycles. The number of sulfone groups is 1. The molecular weight excluding hydrogens is 661 g/mol. The Kier molecular flexibility index (Phi) is 9.40. The summed E-state index contributed by atoms with van der Waals surface area (Å²) in [5, 5.41) is 5.04. The molecular formula is C33H40FN5O9S. The molecule has 5 rings (SSSR count). The highest BCUT2D eigenvalue weighted by molar-refractivity contribution is 7.91. The molecule has 2 N–H and O–H groups in total. The number of fused-ring (bicyclic) bond motifs is 2. The van der Waals surface area contributed by atoms with E-state index in [1.54, 1.807) is 48.5 Å². The number of hydrogen-bond donors (Lipinski definition) is 2. The monoisotopic (exact) mass is 701 g/mol. The second-order valence-corrected chi connectivity index (χ2v) is 16.4. The molecule has 0 atom stereocenters. The number of nitrogens with zero attached hydrogens (tertiary/aromatic N) is 3. The maximum Gasteiger partial charge on any atom is 0.415 e. The van der Waals surface area contributed by atoms with Crippen molar-refractivity contribution in [2.75, 3.05) is 34.9 Å². The van der Waals surface area contributed by atoms with Gasteiger partial charge in [0, 0.05) is 48.0 Å². The number of pyridine rings is 2. The summed E-state index contributed by atoms with van der Waals surface area (Å²) in [7, 11) is -3.23. The molecule has 0 saturated heterocycles. The normalized spacial score (nSPS) is 17.7. The summed E-state index contributed by atoms with van der Waals surface area (Å²) in [5.74, 6) is -0.590. The number of benzene rings is 1. The first-order valence-electron chi connectivity index (χ1n) is 15.6. The summed E-state index contributed by atoms with van der Waals surface area (Å²) >= 11 is 0. The quantitative estimate of drug-likeness (QED) is 0.284. The lowest BCUT2D eigenvalue weighted by atomic mass is 9.95. The van der Waals surface area contributed by atoms with Crippen LogP contribution in [0.2, 0.25) is 0 Å². The number of anilines is 3. The van der Waals surface area contributed by atoms with Gasteiger partial charge in [0.25, 0.3) is 0 Å². The third-order valence-electron chi connectivity index (χ3n) is 7.75. The molecule has 2 aliphatic rings. The smallest absolute Gasteiger partial charge is 0.415 e. The van der Waals surface area contributed by atoms with Crippen molar-refractivity contribution in [1.29, 1.82) is 0 Å². The Labute approximate surface area is 283 Å². The van der Waals surface area contributed by atoms with E-state index in [0.717, 1.165) is 6.26 Å². The number of rotatable bonds is 5. The van der Waals surface area contributed by atoms with Crippen LogP contribution in [0.25, 0.3) is 21.9 Å². The van der Waals surface area contributed by atoms with Gasteiger partial charge in [-0.3, -0.25) is 15.5 Å². The maximum absolute atomic E-state index is 16.6. The first-order valence-corrected chi connectivity index (χ1v) is 17.6. The maximum atomic E-state index is 16.6. The molecule has 3 aromatic rings. The summed E-state index contributed by atoms with van der Waals surface area (Å²) in [5.41, 5.74) is -0.807. The second kappa shape index (κ2) is 12.9. The van der Waals surface area contributed by atoms with Crippen molar-refractivity contribution in [2.24, 2.45) is 0 Å². The van der Waals surface area contributed by atoms with Crippen molar-refractivity contribution in [1.82, 2.24) is 9.97 Å². The predicted octanol–water partition coefficient (Wildman–Crippen LogP) is 6.35. The fourth-order valence-electron chi connectivity index (χ4n) is 5.42. The van der Waals surface area contributed by atoms with E-state index in [1.165, 1.54) is 29.4 Å². The van der Waals surface area contributed by atoms with E-state index >= 15 is 4.39 Å². The van der Waals surface area contributed by atoms with Gasteiger partial charge in [-0.1, -0.05) is 0 Å². The standard InChI is InChI=1S/C33H40FN5O9S/c1-17-22(15-36-28-27(17)39(9-10-45-28)31(42)48-33(5,6)7)21-11-18-12-24(37-29(40)46-19-13-20(14-19)49(8,43)44)35-16-23(18)26(25(21)34)38-30(41)47-32(2,3)4/h11-12,15-16,19-20H,9-10,13-14H2,1-8H3,(H,38,41)(H,35,37,40)/t19-,20+. The highest BCUT2D eigenvalue weighted by atomic mass is 32.2. The van der Waals surface area contributed by atoms with Gasteiger partial charge in [-0.25, -0.2) is 37.2 Å². The summed E-state index contributed by atoms with van der Waals surface area (Å²) in [6.07, 6.45) is 1.31. The third kappa shape index (κ3) is 8.12. The first kappa shape index (κ1) is 35.6. The molecule has 0 unspecified atom stereocenters. The molecule has 3 amide bonds. The zero-order valence-corrected chi connectivity index (χ0v) is 29.4. The van der Waals surface area contributed by atoms with Crippen LogP contribution in [0.5, 0.6) is 5.88 Å². The molecule has 3 heterocycles. The van der Waals surface area contributed by atoms with Crippen LogP contribution < -0.4 is 20.3 Å². The molecule has 2 aromatic heterocycles.